The molecule has 0 aliphatic heterocycles. The number of nitrogens with one attached hydrogen (secondary N) is 1. The fourth-order valence-electron chi connectivity index (χ4n) is 3.12. The van der Waals surface area contributed by atoms with Crippen molar-refractivity contribution in [2.75, 3.05) is 5.32 Å². The lowest BCUT2D eigenvalue weighted by Crippen LogP contribution is -2.26. The highest BCUT2D eigenvalue weighted by Gasteiger charge is 2.20. The Morgan fingerprint density at radius 1 is 1.12 bits per heavy atom. The summed E-state index contributed by atoms with van der Waals surface area (Å²) in [7, 11) is 0. The number of halogens is 1. The molecule has 1 heterocycles. The smallest absolute Gasteiger partial charge is 0.266 e. The molecule has 3 aromatic carbocycles. The lowest BCUT2D eigenvalue weighted by Gasteiger charge is -2.16. The molecule has 1 unspecified atom stereocenters. The zero-order chi connectivity index (χ0) is 22.7. The number of nitrogens with zero attached hydrogens (tertiary/aromatic N) is 3. The summed E-state index contributed by atoms with van der Waals surface area (Å²) in [6, 6.07) is 22.7. The Kier molecular flexibility index (Phi) is 6.26. The quantitative estimate of drug-likeness (QED) is 0.333. The van der Waals surface area contributed by atoms with Crippen LogP contribution >= 0.6 is 23.4 Å². The van der Waals surface area contributed by atoms with Gasteiger partial charge in [-0.05, 0) is 61.5 Å². The Hall–Kier alpha value is -3.60. The average Bonchev–Trinajstić information content (AvgIpc) is 2.79. The minimum Gasteiger partial charge on any atom is -0.325 e. The van der Waals surface area contributed by atoms with Gasteiger partial charge in [0.25, 0.3) is 5.56 Å². The summed E-state index contributed by atoms with van der Waals surface area (Å²) in [4.78, 5) is 30.8. The first kappa shape index (κ1) is 21.6. The Morgan fingerprint density at radius 3 is 2.59 bits per heavy atom. The molecule has 158 valence electrons. The molecule has 1 N–H and O–H groups in total. The molecule has 0 spiro atoms. The molecule has 4 aromatic rings. The maximum Gasteiger partial charge on any atom is 0.266 e. The van der Waals surface area contributed by atoms with Gasteiger partial charge >= 0.3 is 0 Å². The van der Waals surface area contributed by atoms with E-state index in [1.807, 2.05) is 12.1 Å². The molecular formula is C24H17ClN4O2S. The Morgan fingerprint density at radius 2 is 1.88 bits per heavy atom. The number of rotatable bonds is 5. The van der Waals surface area contributed by atoms with E-state index in [1.165, 1.54) is 16.3 Å². The second-order valence-electron chi connectivity index (χ2n) is 6.97. The minimum atomic E-state index is -0.552. The lowest BCUT2D eigenvalue weighted by atomic mass is 10.2. The van der Waals surface area contributed by atoms with Gasteiger partial charge in [0.05, 0.1) is 33.5 Å². The molecule has 0 bridgehead atoms. The number of para-hydroxylation sites is 1. The van der Waals surface area contributed by atoms with Crippen molar-refractivity contribution in [2.24, 2.45) is 0 Å². The van der Waals surface area contributed by atoms with E-state index in [1.54, 1.807) is 73.7 Å². The number of hydrogen-bond acceptors (Lipinski definition) is 5. The van der Waals surface area contributed by atoms with Crippen LogP contribution in [0.25, 0.3) is 16.6 Å². The summed E-state index contributed by atoms with van der Waals surface area (Å²) in [5.74, 6) is -0.250. The second-order valence-corrected chi connectivity index (χ2v) is 8.71. The number of anilines is 1. The monoisotopic (exact) mass is 460 g/mol. The number of thioether (sulfide) groups is 1. The Labute approximate surface area is 193 Å². The number of fused-ring (bicyclic) bond motifs is 1. The first-order valence-corrected chi connectivity index (χ1v) is 11.0. The number of carbonyl (C=O) groups is 1. The third-order valence-electron chi connectivity index (χ3n) is 4.74. The van der Waals surface area contributed by atoms with Crippen molar-refractivity contribution in [1.82, 2.24) is 9.55 Å². The molecule has 4 rings (SSSR count). The van der Waals surface area contributed by atoms with Gasteiger partial charge in [-0.3, -0.25) is 14.2 Å². The molecule has 0 aliphatic carbocycles. The lowest BCUT2D eigenvalue weighted by molar-refractivity contribution is -0.115. The second kappa shape index (κ2) is 9.27. The van der Waals surface area contributed by atoms with Crippen molar-refractivity contribution in [3.8, 4) is 11.8 Å². The number of nitriles is 1. The standard InChI is InChI=1S/C24H17ClN4O2S/c1-15(22(30)27-18-11-9-16(14-26)10-12-18)32-24-28-21-8-3-2-7-20(21)23(31)29(24)19-6-4-5-17(25)13-19/h2-13,15H,1H3,(H,27,30). The summed E-state index contributed by atoms with van der Waals surface area (Å²) in [5.41, 5.74) is 1.98. The van der Waals surface area contributed by atoms with E-state index in [-0.39, 0.29) is 11.5 Å². The van der Waals surface area contributed by atoms with Crippen LogP contribution in [-0.2, 0) is 4.79 Å². The highest BCUT2D eigenvalue weighted by atomic mass is 35.5. The van der Waals surface area contributed by atoms with E-state index in [0.717, 1.165) is 0 Å². The molecule has 0 aliphatic rings. The third-order valence-corrected chi connectivity index (χ3v) is 6.03. The van der Waals surface area contributed by atoms with Crippen LogP contribution in [-0.4, -0.2) is 20.7 Å². The number of benzene rings is 3. The van der Waals surface area contributed by atoms with Crippen LogP contribution in [0.2, 0.25) is 5.02 Å². The number of carbonyl (C=O) groups excluding carboxylic acids is 1. The number of hydrogen-bond donors (Lipinski definition) is 1. The molecular weight excluding hydrogens is 444 g/mol. The van der Waals surface area contributed by atoms with Gasteiger partial charge in [-0.25, -0.2) is 4.98 Å². The zero-order valence-corrected chi connectivity index (χ0v) is 18.5. The summed E-state index contributed by atoms with van der Waals surface area (Å²) < 4.78 is 1.48. The van der Waals surface area contributed by atoms with Gasteiger partial charge in [0.15, 0.2) is 5.16 Å². The van der Waals surface area contributed by atoms with E-state index >= 15 is 0 Å². The predicted molar refractivity (Wildman–Crippen MR) is 127 cm³/mol. The van der Waals surface area contributed by atoms with Gasteiger partial charge in [0.1, 0.15) is 0 Å². The molecule has 0 radical (unpaired) electrons. The van der Waals surface area contributed by atoms with Crippen molar-refractivity contribution < 1.29 is 4.79 Å². The zero-order valence-electron chi connectivity index (χ0n) is 16.9. The average molecular weight is 461 g/mol. The number of aromatic nitrogens is 2. The van der Waals surface area contributed by atoms with E-state index in [4.69, 9.17) is 16.9 Å². The SMILES string of the molecule is CC(Sc1nc2ccccc2c(=O)n1-c1cccc(Cl)c1)C(=O)Nc1ccc(C#N)cc1. The fourth-order valence-corrected chi connectivity index (χ4v) is 4.23. The van der Waals surface area contributed by atoms with E-state index < -0.39 is 5.25 Å². The molecule has 1 atom stereocenters. The van der Waals surface area contributed by atoms with Crippen molar-refractivity contribution in [3.63, 3.8) is 0 Å². The molecule has 6 nitrogen and oxygen atoms in total. The van der Waals surface area contributed by atoms with E-state index in [9.17, 15) is 9.59 Å². The Balaban J connectivity index is 1.69. The summed E-state index contributed by atoms with van der Waals surface area (Å²) in [5, 5.41) is 12.5. The van der Waals surface area contributed by atoms with Crippen LogP contribution in [0.3, 0.4) is 0 Å². The largest absolute Gasteiger partial charge is 0.325 e. The first-order chi connectivity index (χ1) is 15.5. The topological polar surface area (TPSA) is 87.8 Å². The van der Waals surface area contributed by atoms with Crippen LogP contribution in [0.1, 0.15) is 12.5 Å². The molecule has 0 saturated heterocycles. The summed E-state index contributed by atoms with van der Waals surface area (Å²) >= 11 is 7.34. The molecule has 1 amide bonds. The van der Waals surface area contributed by atoms with Gasteiger partial charge in [-0.1, -0.05) is 41.6 Å². The summed E-state index contributed by atoms with van der Waals surface area (Å²) in [6.07, 6.45) is 0. The van der Waals surface area contributed by atoms with Gasteiger partial charge in [0.2, 0.25) is 5.91 Å². The highest BCUT2D eigenvalue weighted by molar-refractivity contribution is 8.00. The minimum absolute atomic E-state index is 0.236. The van der Waals surface area contributed by atoms with Crippen molar-refractivity contribution in [1.29, 1.82) is 5.26 Å². The predicted octanol–water partition coefficient (Wildman–Crippen LogP) is 5.03. The fraction of sp³-hybridized carbons (Fsp3) is 0.0833. The van der Waals surface area contributed by atoms with Crippen LogP contribution in [0.4, 0.5) is 5.69 Å². The van der Waals surface area contributed by atoms with Gasteiger partial charge < -0.3 is 5.32 Å². The van der Waals surface area contributed by atoms with Crippen LogP contribution in [0, 0.1) is 11.3 Å². The van der Waals surface area contributed by atoms with Crippen LogP contribution < -0.4 is 10.9 Å². The maximum absolute atomic E-state index is 13.3. The van der Waals surface area contributed by atoms with E-state index in [0.29, 0.717) is 38.0 Å². The molecule has 8 heteroatoms. The molecule has 0 fully saturated rings. The van der Waals surface area contributed by atoms with E-state index in [2.05, 4.69) is 10.3 Å². The van der Waals surface area contributed by atoms with Gasteiger partial charge in [-0.15, -0.1) is 0 Å². The Bertz CT molecular complexity index is 1410. The summed E-state index contributed by atoms with van der Waals surface area (Å²) in [6.45, 7) is 1.74. The van der Waals surface area contributed by atoms with Gasteiger partial charge in [-0.2, -0.15) is 5.26 Å². The molecule has 0 saturated carbocycles. The molecule has 32 heavy (non-hydrogen) atoms. The normalized spacial score (nSPS) is 11.7. The molecule has 1 aromatic heterocycles. The first-order valence-electron chi connectivity index (χ1n) is 9.71. The van der Waals surface area contributed by atoms with Crippen molar-refractivity contribution >= 4 is 45.9 Å². The van der Waals surface area contributed by atoms with Crippen LogP contribution in [0.5, 0.6) is 0 Å². The van der Waals surface area contributed by atoms with Crippen LogP contribution in [0.15, 0.2) is 82.7 Å². The van der Waals surface area contributed by atoms with Crippen molar-refractivity contribution in [2.45, 2.75) is 17.3 Å². The third kappa shape index (κ3) is 4.52. The van der Waals surface area contributed by atoms with Gasteiger partial charge in [0, 0.05) is 10.7 Å². The highest BCUT2D eigenvalue weighted by Crippen LogP contribution is 2.27. The maximum atomic E-state index is 13.3. The number of amides is 1. The van der Waals surface area contributed by atoms with Crippen molar-refractivity contribution in [3.05, 3.63) is 93.7 Å².